The molecule has 1 aromatic carbocycles. The lowest BCUT2D eigenvalue weighted by molar-refractivity contribution is -0.139. The fraction of sp³-hybridized carbons (Fsp3) is 0.632. The summed E-state index contributed by atoms with van der Waals surface area (Å²) in [5.41, 5.74) is 1.44. The molecule has 1 atom stereocenters. The third-order valence-corrected chi connectivity index (χ3v) is 5.32. The van der Waals surface area contributed by atoms with Crippen molar-refractivity contribution in [2.45, 2.75) is 47.0 Å². The van der Waals surface area contributed by atoms with Gasteiger partial charge in [-0.25, -0.2) is 0 Å². The fourth-order valence-corrected chi connectivity index (χ4v) is 3.80. The van der Waals surface area contributed by atoms with E-state index >= 15 is 0 Å². The first-order valence-corrected chi connectivity index (χ1v) is 8.75. The smallest absolute Gasteiger partial charge is 0.225 e. The van der Waals surface area contributed by atoms with Crippen molar-refractivity contribution in [1.29, 1.82) is 0 Å². The summed E-state index contributed by atoms with van der Waals surface area (Å²) in [5, 5.41) is 0.794. The highest BCUT2D eigenvalue weighted by Gasteiger charge is 2.40. The number of likely N-dealkylation sites (tertiary alicyclic amines) is 1. The Morgan fingerprint density at radius 2 is 2.05 bits per heavy atom. The maximum Gasteiger partial charge on any atom is 0.225 e. The first kappa shape index (κ1) is 17.3. The van der Waals surface area contributed by atoms with Gasteiger partial charge in [-0.3, -0.25) is 4.79 Å². The zero-order valence-electron chi connectivity index (χ0n) is 14.2. The molecule has 1 amide bonds. The van der Waals surface area contributed by atoms with Crippen LogP contribution in [0.5, 0.6) is 0 Å². The van der Waals surface area contributed by atoms with Gasteiger partial charge in [-0.1, -0.05) is 51.4 Å². The lowest BCUT2D eigenvalue weighted by atomic mass is 9.67. The quantitative estimate of drug-likeness (QED) is 0.779. The van der Waals surface area contributed by atoms with Gasteiger partial charge < -0.3 is 4.90 Å². The fourth-order valence-electron chi connectivity index (χ4n) is 3.59. The average Bonchev–Trinajstić information content (AvgIpc) is 2.46. The Bertz CT molecular complexity index is 526. The molecule has 0 aromatic heterocycles. The Morgan fingerprint density at radius 1 is 1.32 bits per heavy atom. The summed E-state index contributed by atoms with van der Waals surface area (Å²) in [7, 11) is 0. The highest BCUT2D eigenvalue weighted by atomic mass is 35.5. The number of amides is 1. The van der Waals surface area contributed by atoms with Crippen LogP contribution in [0.2, 0.25) is 5.02 Å². The summed E-state index contributed by atoms with van der Waals surface area (Å²) >= 11 is 6.14. The van der Waals surface area contributed by atoms with E-state index in [1.54, 1.807) is 0 Å². The average molecular weight is 322 g/mol. The first-order valence-electron chi connectivity index (χ1n) is 8.37. The molecule has 0 radical (unpaired) electrons. The van der Waals surface area contributed by atoms with E-state index in [1.807, 2.05) is 26.0 Å². The summed E-state index contributed by atoms with van der Waals surface area (Å²) in [6.07, 6.45) is 3.27. The summed E-state index contributed by atoms with van der Waals surface area (Å²) in [6, 6.07) is 8.16. The van der Waals surface area contributed by atoms with E-state index in [0.717, 1.165) is 31.0 Å². The number of hydrogen-bond acceptors (Lipinski definition) is 1. The number of nitrogens with zero attached hydrogens (tertiary/aromatic N) is 1. The molecule has 2 nitrogen and oxygen atoms in total. The number of rotatable bonds is 4. The molecule has 1 fully saturated rings. The van der Waals surface area contributed by atoms with E-state index in [1.165, 1.54) is 12.0 Å². The number of carbonyl (C=O) groups excluding carboxylic acids is 1. The highest BCUT2D eigenvalue weighted by molar-refractivity contribution is 6.30. The second kappa shape index (κ2) is 7.04. The number of carbonyl (C=O) groups is 1. The molecule has 0 aliphatic carbocycles. The van der Waals surface area contributed by atoms with Crippen molar-refractivity contribution < 1.29 is 4.79 Å². The molecule has 1 saturated heterocycles. The number of benzene rings is 1. The topological polar surface area (TPSA) is 20.3 Å². The van der Waals surface area contributed by atoms with Crippen LogP contribution in [0.4, 0.5) is 0 Å². The molecule has 0 spiro atoms. The van der Waals surface area contributed by atoms with Gasteiger partial charge in [-0.2, -0.15) is 0 Å². The molecule has 0 unspecified atom stereocenters. The molecular formula is C19H28ClNO. The zero-order chi connectivity index (χ0) is 16.3. The molecule has 122 valence electrons. The minimum Gasteiger partial charge on any atom is -0.342 e. The molecule has 3 heteroatoms. The van der Waals surface area contributed by atoms with Crippen molar-refractivity contribution >= 4 is 17.5 Å². The van der Waals surface area contributed by atoms with E-state index < -0.39 is 0 Å². The first-order chi connectivity index (χ1) is 10.3. The highest BCUT2D eigenvalue weighted by Crippen LogP contribution is 2.41. The number of piperidine rings is 1. The van der Waals surface area contributed by atoms with Gasteiger partial charge in [0.15, 0.2) is 0 Å². The summed E-state index contributed by atoms with van der Waals surface area (Å²) < 4.78 is 0. The van der Waals surface area contributed by atoms with Crippen LogP contribution in [-0.2, 0) is 11.2 Å². The lowest BCUT2D eigenvalue weighted by Gasteiger charge is -2.46. The minimum atomic E-state index is 0.0779. The molecular weight excluding hydrogens is 294 g/mol. The van der Waals surface area contributed by atoms with Crippen LogP contribution in [0.3, 0.4) is 0 Å². The van der Waals surface area contributed by atoms with E-state index in [-0.39, 0.29) is 17.2 Å². The van der Waals surface area contributed by atoms with Gasteiger partial charge in [-0.05, 0) is 48.3 Å². The van der Waals surface area contributed by atoms with Gasteiger partial charge in [0, 0.05) is 24.0 Å². The van der Waals surface area contributed by atoms with Crippen LogP contribution < -0.4 is 0 Å². The van der Waals surface area contributed by atoms with Crippen LogP contribution in [0.15, 0.2) is 24.3 Å². The van der Waals surface area contributed by atoms with Crippen LogP contribution in [0.1, 0.15) is 46.1 Å². The molecule has 2 rings (SSSR count). The standard InChI is InChI=1S/C19H28ClNO/c1-14(2)18(22)21-10-6-9-19(13-21,15(3)4)12-16-7-5-8-17(20)11-16/h5,7-8,11,14-15H,6,9-10,12-13H2,1-4H3/t19-/m1/s1. The van der Waals surface area contributed by atoms with Gasteiger partial charge in [0.2, 0.25) is 5.91 Å². The van der Waals surface area contributed by atoms with Gasteiger partial charge in [0.25, 0.3) is 0 Å². The predicted molar refractivity (Wildman–Crippen MR) is 93.1 cm³/mol. The number of halogens is 1. The molecule has 0 N–H and O–H groups in total. The largest absolute Gasteiger partial charge is 0.342 e. The molecule has 22 heavy (non-hydrogen) atoms. The van der Waals surface area contributed by atoms with Gasteiger partial charge in [-0.15, -0.1) is 0 Å². The van der Waals surface area contributed by atoms with Crippen molar-refractivity contribution in [3.05, 3.63) is 34.9 Å². The molecule has 1 aliphatic rings. The predicted octanol–water partition coefficient (Wildman–Crippen LogP) is 4.80. The van der Waals surface area contributed by atoms with Crippen molar-refractivity contribution in [2.24, 2.45) is 17.3 Å². The van der Waals surface area contributed by atoms with Gasteiger partial charge in [0.05, 0.1) is 0 Å². The Kier molecular flexibility index (Phi) is 5.55. The van der Waals surface area contributed by atoms with E-state index in [2.05, 4.69) is 30.9 Å². The third kappa shape index (κ3) is 3.84. The van der Waals surface area contributed by atoms with E-state index in [4.69, 9.17) is 11.6 Å². The van der Waals surface area contributed by atoms with Crippen molar-refractivity contribution in [1.82, 2.24) is 4.90 Å². The van der Waals surface area contributed by atoms with Crippen molar-refractivity contribution in [2.75, 3.05) is 13.1 Å². The molecule has 1 heterocycles. The van der Waals surface area contributed by atoms with Crippen LogP contribution in [0, 0.1) is 17.3 Å². The maximum atomic E-state index is 12.4. The monoisotopic (exact) mass is 321 g/mol. The van der Waals surface area contributed by atoms with Crippen LogP contribution in [0.25, 0.3) is 0 Å². The van der Waals surface area contributed by atoms with E-state index in [0.29, 0.717) is 5.92 Å². The molecule has 0 saturated carbocycles. The zero-order valence-corrected chi connectivity index (χ0v) is 15.0. The minimum absolute atomic E-state index is 0.0779. The molecule has 0 bridgehead atoms. The van der Waals surface area contributed by atoms with Crippen LogP contribution >= 0.6 is 11.6 Å². The summed E-state index contributed by atoms with van der Waals surface area (Å²) in [6.45, 7) is 10.3. The van der Waals surface area contributed by atoms with Gasteiger partial charge in [0.1, 0.15) is 0 Å². The normalized spacial score (nSPS) is 22.4. The Balaban J connectivity index is 2.22. The van der Waals surface area contributed by atoms with Crippen LogP contribution in [-0.4, -0.2) is 23.9 Å². The second-order valence-corrected chi connectivity index (χ2v) is 7.78. The Hall–Kier alpha value is -1.02. The van der Waals surface area contributed by atoms with E-state index in [9.17, 15) is 4.79 Å². The SMILES string of the molecule is CC(C)C(=O)N1CCC[C@](Cc2cccc(Cl)c2)(C(C)C)C1. The number of hydrogen-bond donors (Lipinski definition) is 0. The van der Waals surface area contributed by atoms with Gasteiger partial charge >= 0.3 is 0 Å². The maximum absolute atomic E-state index is 12.4. The van der Waals surface area contributed by atoms with Crippen molar-refractivity contribution in [3.63, 3.8) is 0 Å². The van der Waals surface area contributed by atoms with Crippen molar-refractivity contribution in [3.8, 4) is 0 Å². The lowest BCUT2D eigenvalue weighted by Crippen LogP contribution is -2.50. The Morgan fingerprint density at radius 3 is 2.64 bits per heavy atom. The molecule has 1 aliphatic heterocycles. The second-order valence-electron chi connectivity index (χ2n) is 7.34. The summed E-state index contributed by atoms with van der Waals surface area (Å²) in [5.74, 6) is 0.902. The summed E-state index contributed by atoms with van der Waals surface area (Å²) in [4.78, 5) is 14.5. The molecule has 1 aromatic rings. The third-order valence-electron chi connectivity index (χ3n) is 5.08. The Labute approximate surface area is 139 Å².